The molecule has 0 unspecified atom stereocenters. The van der Waals surface area contributed by atoms with E-state index < -0.39 is 0 Å². The third kappa shape index (κ3) is 1.75. The van der Waals surface area contributed by atoms with Gasteiger partial charge in [0, 0.05) is 14.3 Å². The van der Waals surface area contributed by atoms with Gasteiger partial charge in [-0.1, -0.05) is 48.5 Å². The number of furan rings is 1. The van der Waals surface area contributed by atoms with Crippen LogP contribution in [0.4, 0.5) is 0 Å². The molecule has 96 valence electrons. The topological polar surface area (TPSA) is 13.1 Å². The van der Waals surface area contributed by atoms with E-state index in [4.69, 9.17) is 4.42 Å². The van der Waals surface area contributed by atoms with Crippen molar-refractivity contribution in [2.75, 3.05) is 0 Å². The number of hydrogen-bond donors (Lipinski definition) is 0. The first-order valence-electron chi connectivity index (χ1n) is 6.50. The summed E-state index contributed by atoms with van der Waals surface area (Å²) in [6.45, 7) is 0. The zero-order valence-electron chi connectivity index (χ0n) is 10.6. The van der Waals surface area contributed by atoms with Crippen LogP contribution < -0.4 is 0 Å². The van der Waals surface area contributed by atoms with Crippen molar-refractivity contribution in [2.45, 2.75) is 0 Å². The van der Waals surface area contributed by atoms with Crippen LogP contribution in [0, 0.1) is 3.57 Å². The molecular weight excluding hydrogens is 359 g/mol. The van der Waals surface area contributed by atoms with Crippen LogP contribution in [0.25, 0.3) is 33.1 Å². The molecule has 1 heterocycles. The maximum Gasteiger partial charge on any atom is 0.136 e. The van der Waals surface area contributed by atoms with Crippen LogP contribution in [0.2, 0.25) is 0 Å². The van der Waals surface area contributed by atoms with Crippen LogP contribution in [0.1, 0.15) is 0 Å². The fourth-order valence-electron chi connectivity index (χ4n) is 2.62. The van der Waals surface area contributed by atoms with Gasteiger partial charge in [-0.3, -0.25) is 0 Å². The summed E-state index contributed by atoms with van der Waals surface area (Å²) in [7, 11) is 0. The van der Waals surface area contributed by atoms with Crippen molar-refractivity contribution in [3.05, 3.63) is 70.3 Å². The minimum absolute atomic E-state index is 0.950. The third-order valence-corrected chi connectivity index (χ3v) is 4.69. The molecule has 20 heavy (non-hydrogen) atoms. The van der Waals surface area contributed by atoms with E-state index in [0.29, 0.717) is 0 Å². The lowest BCUT2D eigenvalue weighted by Gasteiger charge is -2.05. The van der Waals surface area contributed by atoms with Crippen LogP contribution in [-0.2, 0) is 0 Å². The number of halogens is 1. The molecule has 0 saturated carbocycles. The zero-order chi connectivity index (χ0) is 13.5. The molecule has 1 nitrogen and oxygen atoms in total. The molecular formula is C18H11IO. The second-order valence-corrected chi connectivity index (χ2v) is 5.84. The van der Waals surface area contributed by atoms with Gasteiger partial charge < -0.3 is 4.42 Å². The normalized spacial score (nSPS) is 11.2. The molecule has 0 amide bonds. The Morgan fingerprint density at radius 3 is 2.30 bits per heavy atom. The summed E-state index contributed by atoms with van der Waals surface area (Å²) < 4.78 is 7.17. The minimum Gasteiger partial charge on any atom is -0.456 e. The highest BCUT2D eigenvalue weighted by Gasteiger charge is 2.13. The first kappa shape index (κ1) is 12.0. The Kier molecular flexibility index (Phi) is 2.77. The van der Waals surface area contributed by atoms with Crippen molar-refractivity contribution in [1.29, 1.82) is 0 Å². The van der Waals surface area contributed by atoms with Crippen molar-refractivity contribution in [3.63, 3.8) is 0 Å². The van der Waals surface area contributed by atoms with Crippen LogP contribution in [0.5, 0.6) is 0 Å². The van der Waals surface area contributed by atoms with Crippen molar-refractivity contribution in [3.8, 4) is 11.1 Å². The van der Waals surface area contributed by atoms with Crippen LogP contribution >= 0.6 is 22.6 Å². The lowest BCUT2D eigenvalue weighted by atomic mass is 10.0. The van der Waals surface area contributed by atoms with Gasteiger partial charge in [-0.25, -0.2) is 0 Å². The van der Waals surface area contributed by atoms with Crippen LogP contribution in [-0.4, -0.2) is 0 Å². The van der Waals surface area contributed by atoms with Gasteiger partial charge in [-0.2, -0.15) is 0 Å². The third-order valence-electron chi connectivity index (χ3n) is 3.56. The number of para-hydroxylation sites is 1. The van der Waals surface area contributed by atoms with Crippen molar-refractivity contribution >= 4 is 44.5 Å². The second kappa shape index (κ2) is 4.63. The van der Waals surface area contributed by atoms with E-state index in [0.717, 1.165) is 11.2 Å². The molecule has 0 N–H and O–H groups in total. The average molecular weight is 370 g/mol. The smallest absolute Gasteiger partial charge is 0.136 e. The van der Waals surface area contributed by atoms with Crippen molar-refractivity contribution < 1.29 is 4.42 Å². The molecule has 0 saturated heterocycles. The van der Waals surface area contributed by atoms with E-state index in [1.807, 2.05) is 18.2 Å². The molecule has 0 spiro atoms. The van der Waals surface area contributed by atoms with E-state index in [2.05, 4.69) is 71.1 Å². The van der Waals surface area contributed by atoms with Gasteiger partial charge in [0.2, 0.25) is 0 Å². The summed E-state index contributed by atoms with van der Waals surface area (Å²) in [6, 6.07) is 22.9. The highest BCUT2D eigenvalue weighted by molar-refractivity contribution is 14.1. The van der Waals surface area contributed by atoms with Crippen LogP contribution in [0.15, 0.2) is 71.1 Å². The Hall–Kier alpha value is -1.81. The molecule has 0 radical (unpaired) electrons. The minimum atomic E-state index is 0.950. The Labute approximate surface area is 130 Å². The predicted octanol–water partition coefficient (Wildman–Crippen LogP) is 5.86. The number of hydrogen-bond acceptors (Lipinski definition) is 1. The van der Waals surface area contributed by atoms with Gasteiger partial charge >= 0.3 is 0 Å². The number of fused-ring (bicyclic) bond motifs is 3. The van der Waals surface area contributed by atoms with E-state index in [1.54, 1.807) is 0 Å². The van der Waals surface area contributed by atoms with Crippen molar-refractivity contribution in [1.82, 2.24) is 0 Å². The fraction of sp³-hybridized carbons (Fsp3) is 0. The predicted molar refractivity (Wildman–Crippen MR) is 91.9 cm³/mol. The summed E-state index contributed by atoms with van der Waals surface area (Å²) >= 11 is 2.43. The molecule has 0 fully saturated rings. The average Bonchev–Trinajstić information content (AvgIpc) is 2.88. The Bertz CT molecular complexity index is 907. The lowest BCUT2D eigenvalue weighted by molar-refractivity contribution is 0.669. The van der Waals surface area contributed by atoms with Gasteiger partial charge in [-0.15, -0.1) is 0 Å². The van der Waals surface area contributed by atoms with Gasteiger partial charge in [0.1, 0.15) is 11.2 Å². The van der Waals surface area contributed by atoms with Gasteiger partial charge in [0.15, 0.2) is 0 Å². The van der Waals surface area contributed by atoms with Crippen molar-refractivity contribution in [2.24, 2.45) is 0 Å². The summed E-state index contributed by atoms with van der Waals surface area (Å²) in [5.74, 6) is 0. The maximum absolute atomic E-state index is 5.92. The Morgan fingerprint density at radius 1 is 0.700 bits per heavy atom. The number of benzene rings is 3. The molecule has 0 aliphatic rings. The highest BCUT2D eigenvalue weighted by Crippen LogP contribution is 2.37. The van der Waals surface area contributed by atoms with Gasteiger partial charge in [0.25, 0.3) is 0 Å². The molecule has 0 aliphatic carbocycles. The monoisotopic (exact) mass is 370 g/mol. The molecule has 0 atom stereocenters. The van der Waals surface area contributed by atoms with E-state index in [1.165, 1.54) is 25.5 Å². The first-order valence-corrected chi connectivity index (χ1v) is 7.57. The fourth-order valence-corrected chi connectivity index (χ4v) is 3.66. The molecule has 0 bridgehead atoms. The summed E-state index contributed by atoms with van der Waals surface area (Å²) in [5, 5.41) is 2.40. The maximum atomic E-state index is 5.92. The largest absolute Gasteiger partial charge is 0.456 e. The molecule has 4 rings (SSSR count). The zero-order valence-corrected chi connectivity index (χ0v) is 12.8. The Balaban J connectivity index is 2.10. The Morgan fingerprint density at radius 2 is 1.45 bits per heavy atom. The van der Waals surface area contributed by atoms with Gasteiger partial charge in [-0.05, 0) is 51.9 Å². The quantitative estimate of drug-likeness (QED) is 0.383. The number of rotatable bonds is 1. The highest BCUT2D eigenvalue weighted by atomic mass is 127. The molecule has 3 aromatic carbocycles. The second-order valence-electron chi connectivity index (χ2n) is 4.76. The first-order chi connectivity index (χ1) is 9.84. The summed E-state index contributed by atoms with van der Waals surface area (Å²) in [4.78, 5) is 0. The molecule has 1 aromatic heterocycles. The van der Waals surface area contributed by atoms with E-state index in [-0.39, 0.29) is 0 Å². The SMILES string of the molecule is Ic1c(-c2ccccc2)ccc2oc3ccccc3c12. The molecule has 4 aromatic rings. The van der Waals surface area contributed by atoms with E-state index >= 15 is 0 Å². The lowest BCUT2D eigenvalue weighted by Crippen LogP contribution is -1.83. The van der Waals surface area contributed by atoms with Crippen LogP contribution in [0.3, 0.4) is 0 Å². The summed E-state index contributed by atoms with van der Waals surface area (Å²) in [5.41, 5.74) is 4.40. The van der Waals surface area contributed by atoms with Gasteiger partial charge in [0.05, 0.1) is 0 Å². The molecule has 0 aliphatic heterocycles. The summed E-state index contributed by atoms with van der Waals surface area (Å²) in [6.07, 6.45) is 0. The van der Waals surface area contributed by atoms with E-state index in [9.17, 15) is 0 Å². The standard InChI is InChI=1S/C18H11IO/c19-18-13(12-6-2-1-3-7-12)10-11-16-17(18)14-8-4-5-9-15(14)20-16/h1-11H. The molecule has 2 heteroatoms.